The first-order valence-corrected chi connectivity index (χ1v) is 16.1. The summed E-state index contributed by atoms with van der Waals surface area (Å²) < 4.78 is 21.8. The highest BCUT2D eigenvalue weighted by molar-refractivity contribution is 5.69. The number of aliphatic hydroxyl groups excluding tert-OH is 8. The van der Waals surface area contributed by atoms with E-state index in [9.17, 15) is 40.5 Å². The molecule has 2 aliphatic heterocycles. The van der Waals surface area contributed by atoms with Crippen LogP contribution in [0.25, 0.3) is 0 Å². The molecule has 0 bridgehead atoms. The second kappa shape index (κ2) is 20.9. The van der Waals surface area contributed by atoms with Crippen LogP contribution in [0.15, 0.2) is 0 Å². The fourth-order valence-corrected chi connectivity index (χ4v) is 5.55. The molecule has 13 nitrogen and oxygen atoms in total. The summed E-state index contributed by atoms with van der Waals surface area (Å²) in [4.78, 5) is 12.5. The third-order valence-corrected chi connectivity index (χ3v) is 8.32. The number of hydrogen-bond acceptors (Lipinski definition) is 13. The molecule has 2 fully saturated rings. The van der Waals surface area contributed by atoms with Crippen LogP contribution in [0.2, 0.25) is 0 Å². The number of carbonyl (C=O) groups excluding carboxylic acids is 1. The fraction of sp³-hybridized carbons (Fsp3) is 0.967. The molecule has 2 aliphatic rings. The lowest BCUT2D eigenvalue weighted by molar-refractivity contribution is -0.383. The van der Waals surface area contributed by atoms with Gasteiger partial charge in [-0.2, -0.15) is 0 Å². The first-order valence-electron chi connectivity index (χ1n) is 16.1. The predicted molar refractivity (Wildman–Crippen MR) is 153 cm³/mol. The number of ether oxygens (including phenoxy) is 4. The van der Waals surface area contributed by atoms with Gasteiger partial charge in [0.1, 0.15) is 49.3 Å². The molecule has 8 N–H and O–H groups in total. The largest absolute Gasteiger partial charge is 0.460 e. The molecule has 254 valence electrons. The monoisotopic (exact) mass is 624 g/mol. The molecule has 0 aliphatic carbocycles. The molecule has 0 saturated carbocycles. The Morgan fingerprint density at radius 1 is 0.605 bits per heavy atom. The van der Waals surface area contributed by atoms with Gasteiger partial charge in [0, 0.05) is 13.0 Å². The Kier molecular flexibility index (Phi) is 18.6. The van der Waals surface area contributed by atoms with Crippen molar-refractivity contribution in [1.82, 2.24) is 0 Å². The van der Waals surface area contributed by atoms with Gasteiger partial charge >= 0.3 is 5.97 Å². The van der Waals surface area contributed by atoms with Crippen molar-refractivity contribution < 1.29 is 64.6 Å². The first-order chi connectivity index (χ1) is 20.7. The molecular formula is C30H56O13. The number of rotatable bonds is 23. The van der Waals surface area contributed by atoms with Crippen LogP contribution in [-0.2, 0) is 23.7 Å². The molecule has 0 aromatic heterocycles. The summed E-state index contributed by atoms with van der Waals surface area (Å²) >= 11 is 0. The first kappa shape index (κ1) is 38.2. The highest BCUT2D eigenvalue weighted by Crippen LogP contribution is 2.36. The zero-order chi connectivity index (χ0) is 31.7. The number of esters is 1. The van der Waals surface area contributed by atoms with Gasteiger partial charge in [0.2, 0.25) is 5.79 Å². The quantitative estimate of drug-likeness (QED) is 0.0571. The maximum atomic E-state index is 12.5. The number of hydrogen-bond donors (Lipinski definition) is 8. The summed E-state index contributed by atoms with van der Waals surface area (Å²) in [5.41, 5.74) is 0. The summed E-state index contributed by atoms with van der Waals surface area (Å²) in [7, 11) is 0. The molecular weight excluding hydrogens is 568 g/mol. The topological polar surface area (TPSA) is 216 Å². The average molecular weight is 625 g/mol. The Balaban J connectivity index is 1.66. The summed E-state index contributed by atoms with van der Waals surface area (Å²) in [5.74, 6) is -2.85. The lowest BCUT2D eigenvalue weighted by atomic mass is 9.99. The van der Waals surface area contributed by atoms with Crippen LogP contribution in [0.4, 0.5) is 0 Å². The Labute approximate surface area is 254 Å². The lowest BCUT2D eigenvalue weighted by Crippen LogP contribution is -2.62. The second-order valence-electron chi connectivity index (χ2n) is 11.8. The van der Waals surface area contributed by atoms with Crippen LogP contribution in [0.3, 0.4) is 0 Å². The fourth-order valence-electron chi connectivity index (χ4n) is 5.55. The molecule has 43 heavy (non-hydrogen) atoms. The maximum Gasteiger partial charge on any atom is 0.305 e. The number of carbonyl (C=O) groups is 1. The molecule has 13 heteroatoms. The van der Waals surface area contributed by atoms with Crippen molar-refractivity contribution >= 4 is 5.97 Å². The van der Waals surface area contributed by atoms with Crippen LogP contribution >= 0.6 is 0 Å². The van der Waals surface area contributed by atoms with Crippen molar-refractivity contribution in [1.29, 1.82) is 0 Å². The Hall–Kier alpha value is -0.970. The molecule has 0 spiro atoms. The molecule has 2 saturated heterocycles. The van der Waals surface area contributed by atoms with E-state index in [1.807, 2.05) is 0 Å². The van der Waals surface area contributed by atoms with Crippen LogP contribution in [0, 0.1) is 0 Å². The van der Waals surface area contributed by atoms with E-state index in [0.717, 1.165) is 38.5 Å². The van der Waals surface area contributed by atoms with Gasteiger partial charge in [0.25, 0.3) is 0 Å². The van der Waals surface area contributed by atoms with E-state index < -0.39 is 80.6 Å². The lowest BCUT2D eigenvalue weighted by Gasteiger charge is -2.43. The van der Waals surface area contributed by atoms with Gasteiger partial charge in [0.15, 0.2) is 6.29 Å². The molecule has 2 heterocycles. The standard InChI is InChI=1S/C30H56O13/c31-17-15-13-11-9-7-5-3-1-2-4-6-8-10-12-14-16-23(34)40-20-30(28(39)25(36)22(19-33)42-30)43-29-27(38)26(37)24(35)21(18-32)41-29/h21-22,24-29,31-33,35-39H,1-20H2/t21-,22-,24-,25-,26+,27-,28+,29-,30+/m1/s1. The normalized spacial score (nSPS) is 32.7. The van der Waals surface area contributed by atoms with Gasteiger partial charge in [-0.1, -0.05) is 83.5 Å². The summed E-state index contributed by atoms with van der Waals surface area (Å²) in [6.07, 6.45) is 3.83. The molecule has 0 aromatic carbocycles. The van der Waals surface area contributed by atoms with Crippen molar-refractivity contribution in [3.8, 4) is 0 Å². The third kappa shape index (κ3) is 12.4. The van der Waals surface area contributed by atoms with Crippen LogP contribution < -0.4 is 0 Å². The number of unbranched alkanes of at least 4 members (excludes halogenated alkanes) is 14. The minimum atomic E-state index is -2.25. The Bertz CT molecular complexity index is 741. The Morgan fingerprint density at radius 3 is 1.56 bits per heavy atom. The highest BCUT2D eigenvalue weighted by atomic mass is 16.8. The van der Waals surface area contributed by atoms with E-state index >= 15 is 0 Å². The smallest absolute Gasteiger partial charge is 0.305 e. The van der Waals surface area contributed by atoms with Crippen LogP contribution in [0.5, 0.6) is 0 Å². The van der Waals surface area contributed by atoms with E-state index in [4.69, 9.17) is 24.1 Å². The van der Waals surface area contributed by atoms with Crippen molar-refractivity contribution in [2.75, 3.05) is 26.4 Å². The van der Waals surface area contributed by atoms with Gasteiger partial charge in [-0.3, -0.25) is 4.79 Å². The van der Waals surface area contributed by atoms with Crippen molar-refractivity contribution in [3.05, 3.63) is 0 Å². The second-order valence-corrected chi connectivity index (χ2v) is 11.8. The molecule has 0 aromatic rings. The Morgan fingerprint density at radius 2 is 1.09 bits per heavy atom. The van der Waals surface area contributed by atoms with Gasteiger partial charge in [-0.05, 0) is 12.8 Å². The van der Waals surface area contributed by atoms with E-state index in [0.29, 0.717) is 13.0 Å². The van der Waals surface area contributed by atoms with E-state index in [2.05, 4.69) is 0 Å². The molecule has 9 atom stereocenters. The third-order valence-electron chi connectivity index (χ3n) is 8.32. The van der Waals surface area contributed by atoms with Crippen molar-refractivity contribution in [3.63, 3.8) is 0 Å². The minimum absolute atomic E-state index is 0.109. The molecule has 0 radical (unpaired) electrons. The summed E-state index contributed by atoms with van der Waals surface area (Å²) in [5, 5.41) is 79.2. The minimum Gasteiger partial charge on any atom is -0.460 e. The van der Waals surface area contributed by atoms with Gasteiger partial charge in [-0.25, -0.2) is 0 Å². The van der Waals surface area contributed by atoms with E-state index in [1.54, 1.807) is 0 Å². The molecule has 2 rings (SSSR count). The van der Waals surface area contributed by atoms with E-state index in [-0.39, 0.29) is 6.42 Å². The predicted octanol–water partition coefficient (Wildman–Crippen LogP) is 0.389. The highest BCUT2D eigenvalue weighted by Gasteiger charge is 2.59. The summed E-state index contributed by atoms with van der Waals surface area (Å²) in [6, 6.07) is 0. The van der Waals surface area contributed by atoms with Gasteiger partial charge in [-0.15, -0.1) is 0 Å². The van der Waals surface area contributed by atoms with Crippen LogP contribution in [-0.4, -0.2) is 128 Å². The van der Waals surface area contributed by atoms with E-state index in [1.165, 1.54) is 51.4 Å². The molecule has 0 unspecified atom stereocenters. The summed E-state index contributed by atoms with van der Waals surface area (Å²) in [6.45, 7) is -1.83. The maximum absolute atomic E-state index is 12.5. The van der Waals surface area contributed by atoms with Gasteiger partial charge < -0.3 is 59.8 Å². The average Bonchev–Trinajstić information content (AvgIpc) is 3.24. The van der Waals surface area contributed by atoms with Crippen molar-refractivity contribution in [2.24, 2.45) is 0 Å². The number of aliphatic hydroxyl groups is 8. The van der Waals surface area contributed by atoms with Gasteiger partial charge in [0.05, 0.1) is 13.2 Å². The SMILES string of the molecule is O=C(CCCCCCCCCCCCCCCCCO)OC[C@@]1(O[C@H]2O[C@H](CO)[C@@H](O)[C@H](O)[C@H]2O)O[C@H](CO)[C@@H](O)[C@@H]1O. The van der Waals surface area contributed by atoms with Crippen LogP contribution in [0.1, 0.15) is 103 Å². The molecule has 0 amide bonds. The van der Waals surface area contributed by atoms with Crippen molar-refractivity contribution in [2.45, 2.75) is 158 Å². The zero-order valence-corrected chi connectivity index (χ0v) is 25.4. The zero-order valence-electron chi connectivity index (χ0n) is 25.4.